The minimum Gasteiger partial charge on any atom is -0.374 e. The highest BCUT2D eigenvalue weighted by Crippen LogP contribution is 2.04. The van der Waals surface area contributed by atoms with Crippen LogP contribution in [0.3, 0.4) is 0 Å². The van der Waals surface area contributed by atoms with Crippen LogP contribution in [0.15, 0.2) is 91.2 Å². The van der Waals surface area contributed by atoms with Crippen LogP contribution in [0.1, 0.15) is 19.3 Å². The molecule has 0 aromatic carbocycles. The number of aromatic amines is 1. The molecule has 3 aromatic rings. The third-order valence-electron chi connectivity index (χ3n) is 4.76. The highest BCUT2D eigenvalue weighted by molar-refractivity contribution is 5.61. The standard InChI is InChI=1S/C6H13N.C6H8N.C5H8N2.C5H7N.C4H6N2.CH5N/c2*1-7-5-3-2-4-6-7;1-7-4-2-6-3-5-7;1-6-4-2-3-5-6;1-6-3-2-5-4-6;1-2/h2-6H2,1H3;2-6H,1H3;2-4H,5H2,1H3;2-5H,1H3;2-4H,1H3;2H2,1H3/q;+1;;;;/p+1. The fourth-order valence-corrected chi connectivity index (χ4v) is 2.77. The molecular weight excluding hydrogens is 436 g/mol. The van der Waals surface area contributed by atoms with Gasteiger partial charge >= 0.3 is 0 Å². The summed E-state index contributed by atoms with van der Waals surface area (Å²) >= 11 is 0. The summed E-state index contributed by atoms with van der Waals surface area (Å²) in [6.45, 7) is 3.58. The van der Waals surface area contributed by atoms with Gasteiger partial charge in [0.1, 0.15) is 19.4 Å². The van der Waals surface area contributed by atoms with E-state index in [2.05, 4.69) is 32.6 Å². The summed E-state index contributed by atoms with van der Waals surface area (Å²) in [5.74, 6) is 0. The number of piperidine rings is 1. The minimum absolute atomic E-state index is 0.941. The Labute approximate surface area is 213 Å². The van der Waals surface area contributed by atoms with Gasteiger partial charge in [0.05, 0.1) is 13.6 Å². The molecule has 0 amide bonds. The summed E-state index contributed by atoms with van der Waals surface area (Å²) in [5.41, 5.74) is 4.50. The summed E-state index contributed by atoms with van der Waals surface area (Å²) in [7, 11) is 11.7. The monoisotopic (exact) mass is 484 g/mol. The van der Waals surface area contributed by atoms with E-state index in [-0.39, 0.29) is 0 Å². The third-order valence-corrected chi connectivity index (χ3v) is 4.76. The van der Waals surface area contributed by atoms with Gasteiger partial charge in [-0.3, -0.25) is 9.98 Å². The number of nitrogens with one attached hydrogen (secondary N) is 1. The first-order chi connectivity index (χ1) is 17.0. The van der Waals surface area contributed by atoms with Crippen molar-refractivity contribution in [2.24, 2.45) is 31.9 Å². The van der Waals surface area contributed by atoms with Gasteiger partial charge in [0.25, 0.3) is 0 Å². The number of aromatic nitrogens is 4. The predicted octanol–water partition coefficient (Wildman–Crippen LogP) is 2.53. The van der Waals surface area contributed by atoms with Crippen LogP contribution in [0.25, 0.3) is 0 Å². The van der Waals surface area contributed by atoms with Gasteiger partial charge in [0.15, 0.2) is 12.4 Å². The minimum atomic E-state index is 0.941. The van der Waals surface area contributed by atoms with Crippen molar-refractivity contribution in [2.75, 3.05) is 40.8 Å². The summed E-state index contributed by atoms with van der Waals surface area (Å²) in [4.78, 5) is 11.2. The molecule has 0 unspecified atom stereocenters. The Morgan fingerprint density at radius 1 is 0.800 bits per heavy atom. The number of nitrogens with two attached hydrogens (primary N) is 1. The largest absolute Gasteiger partial charge is 0.374 e. The number of aliphatic imine (C=N–C) groups is 1. The SMILES string of the molecule is CN.CN1C=CN=CC1.CN1CCCCC1.C[n+]1cc[nH]c1.C[n+]1ccccc1.Cn1cccc1. The second-order valence-electron chi connectivity index (χ2n) is 8.10. The molecule has 2 aliphatic rings. The van der Waals surface area contributed by atoms with E-state index >= 15 is 0 Å². The van der Waals surface area contributed by atoms with Crippen molar-refractivity contribution >= 4 is 6.21 Å². The van der Waals surface area contributed by atoms with Crippen molar-refractivity contribution in [3.63, 3.8) is 0 Å². The van der Waals surface area contributed by atoms with Crippen LogP contribution < -0.4 is 14.9 Å². The zero-order chi connectivity index (χ0) is 26.2. The summed E-state index contributed by atoms with van der Waals surface area (Å²) < 4.78 is 5.94. The van der Waals surface area contributed by atoms with Crippen LogP contribution in [0.2, 0.25) is 0 Å². The lowest BCUT2D eigenvalue weighted by atomic mass is 10.1. The Morgan fingerprint density at radius 3 is 1.66 bits per heavy atom. The van der Waals surface area contributed by atoms with Gasteiger partial charge in [-0.1, -0.05) is 12.5 Å². The Hall–Kier alpha value is -3.23. The van der Waals surface area contributed by atoms with E-state index in [1.807, 2.05) is 128 Å². The van der Waals surface area contributed by atoms with Gasteiger partial charge in [0.2, 0.25) is 6.33 Å². The molecule has 1 fully saturated rings. The lowest BCUT2D eigenvalue weighted by molar-refractivity contribution is -0.671. The summed E-state index contributed by atoms with van der Waals surface area (Å²) in [6, 6.07) is 10.0. The molecule has 5 rings (SSSR count). The van der Waals surface area contributed by atoms with Gasteiger partial charge in [-0.25, -0.2) is 9.13 Å². The fourth-order valence-electron chi connectivity index (χ4n) is 2.77. The van der Waals surface area contributed by atoms with Crippen molar-refractivity contribution in [1.82, 2.24) is 19.4 Å². The summed E-state index contributed by atoms with van der Waals surface area (Å²) in [6.07, 6.45) is 23.6. The van der Waals surface area contributed by atoms with Crippen molar-refractivity contribution in [1.29, 1.82) is 0 Å². The molecule has 0 spiro atoms. The van der Waals surface area contributed by atoms with Crippen LogP contribution >= 0.6 is 0 Å². The number of imidazole rings is 1. The number of nitrogens with zero attached hydrogens (tertiary/aromatic N) is 6. The van der Waals surface area contributed by atoms with Crippen LogP contribution in [0.4, 0.5) is 0 Å². The molecule has 8 nitrogen and oxygen atoms in total. The Kier molecular flexibility index (Phi) is 20.5. The maximum absolute atomic E-state index is 4.50. The molecule has 1 saturated heterocycles. The first-order valence-corrected chi connectivity index (χ1v) is 12.1. The predicted molar refractivity (Wildman–Crippen MR) is 147 cm³/mol. The van der Waals surface area contributed by atoms with E-state index in [0.29, 0.717) is 0 Å². The van der Waals surface area contributed by atoms with E-state index in [1.54, 1.807) is 6.20 Å². The van der Waals surface area contributed by atoms with E-state index in [9.17, 15) is 0 Å². The quantitative estimate of drug-likeness (QED) is 0.482. The van der Waals surface area contributed by atoms with Crippen LogP contribution in [0, 0.1) is 0 Å². The number of rotatable bonds is 0. The topological polar surface area (TPSA) is 73.3 Å². The van der Waals surface area contributed by atoms with Gasteiger partial charge in [-0.2, -0.15) is 0 Å². The van der Waals surface area contributed by atoms with Gasteiger partial charge < -0.3 is 20.1 Å². The van der Waals surface area contributed by atoms with Crippen molar-refractivity contribution in [3.05, 3.63) is 86.2 Å². The zero-order valence-electron chi connectivity index (χ0n) is 22.7. The van der Waals surface area contributed by atoms with E-state index < -0.39 is 0 Å². The molecule has 35 heavy (non-hydrogen) atoms. The lowest BCUT2D eigenvalue weighted by Gasteiger charge is -2.20. The van der Waals surface area contributed by atoms with E-state index in [0.717, 1.165) is 6.54 Å². The number of aryl methyl sites for hydroxylation is 3. The zero-order valence-corrected chi connectivity index (χ0v) is 22.7. The van der Waals surface area contributed by atoms with Crippen molar-refractivity contribution in [2.45, 2.75) is 19.3 Å². The average Bonchev–Trinajstić information content (AvgIpc) is 3.57. The molecule has 3 aromatic heterocycles. The fraction of sp³-hybridized carbons (Fsp3) is 0.444. The van der Waals surface area contributed by atoms with Crippen LogP contribution in [0.5, 0.6) is 0 Å². The number of likely N-dealkylation sites (tertiary alicyclic amines) is 1. The van der Waals surface area contributed by atoms with E-state index in [1.165, 1.54) is 39.4 Å². The Bertz CT molecular complexity index is 804. The highest BCUT2D eigenvalue weighted by Gasteiger charge is 2.02. The summed E-state index contributed by atoms with van der Waals surface area (Å²) in [5, 5.41) is 0. The first kappa shape index (κ1) is 31.8. The first-order valence-electron chi connectivity index (χ1n) is 12.1. The normalized spacial score (nSPS) is 13.6. The number of pyridine rings is 1. The molecule has 0 bridgehead atoms. The molecule has 0 atom stereocenters. The highest BCUT2D eigenvalue weighted by atomic mass is 15.1. The molecule has 5 heterocycles. The third kappa shape index (κ3) is 21.1. The molecule has 3 N–H and O–H groups in total. The molecular formula is C27H48N8+2. The van der Waals surface area contributed by atoms with Gasteiger partial charge in [0, 0.05) is 57.2 Å². The molecule has 2 aliphatic heterocycles. The van der Waals surface area contributed by atoms with E-state index in [4.69, 9.17) is 0 Å². The Balaban J connectivity index is 0.000000406. The van der Waals surface area contributed by atoms with Crippen LogP contribution in [-0.4, -0.2) is 66.3 Å². The number of hydrogen-bond donors (Lipinski definition) is 2. The van der Waals surface area contributed by atoms with Gasteiger partial charge in [-0.05, 0) is 52.2 Å². The number of hydrogen-bond acceptors (Lipinski definition) is 4. The van der Waals surface area contributed by atoms with Crippen LogP contribution in [-0.2, 0) is 21.1 Å². The molecule has 0 radical (unpaired) electrons. The molecule has 0 aliphatic carbocycles. The second-order valence-corrected chi connectivity index (χ2v) is 8.10. The molecule has 8 heteroatoms. The number of H-pyrrole nitrogens is 1. The van der Waals surface area contributed by atoms with Gasteiger partial charge in [-0.15, -0.1) is 0 Å². The second kappa shape index (κ2) is 22.6. The lowest BCUT2D eigenvalue weighted by Crippen LogP contribution is -2.25. The maximum atomic E-state index is 4.50. The average molecular weight is 485 g/mol. The molecule has 194 valence electrons. The van der Waals surface area contributed by atoms with Crippen molar-refractivity contribution in [3.8, 4) is 0 Å². The smallest absolute Gasteiger partial charge is 0.241 e. The Morgan fingerprint density at radius 2 is 1.43 bits per heavy atom. The van der Waals surface area contributed by atoms with Crippen molar-refractivity contribution < 1.29 is 9.13 Å². The molecule has 0 saturated carbocycles. The maximum Gasteiger partial charge on any atom is 0.241 e.